The smallest absolute Gasteiger partial charge is 0.292 e. The van der Waals surface area contributed by atoms with Crippen LogP contribution in [0.3, 0.4) is 0 Å². The van der Waals surface area contributed by atoms with Crippen molar-refractivity contribution in [3.05, 3.63) is 33.9 Å². The molecule has 1 aromatic rings. The van der Waals surface area contributed by atoms with Gasteiger partial charge in [-0.25, -0.2) is 0 Å². The largest absolute Gasteiger partial charge is 0.377 e. The topological polar surface area (TPSA) is 55.2 Å². The zero-order valence-corrected chi connectivity index (χ0v) is 11.7. The van der Waals surface area contributed by atoms with Gasteiger partial charge in [0.15, 0.2) is 0 Å². The Morgan fingerprint density at radius 1 is 1.32 bits per heavy atom. The molecule has 4 nitrogen and oxygen atoms in total. The number of nitrogens with zero attached hydrogens (tertiary/aromatic N) is 1. The van der Waals surface area contributed by atoms with Crippen LogP contribution in [0.4, 0.5) is 11.4 Å². The van der Waals surface area contributed by atoms with Gasteiger partial charge < -0.3 is 5.32 Å². The highest BCUT2D eigenvalue weighted by molar-refractivity contribution is 5.63. The van der Waals surface area contributed by atoms with Gasteiger partial charge in [0.2, 0.25) is 0 Å². The molecule has 1 aliphatic carbocycles. The Morgan fingerprint density at radius 2 is 2.00 bits per heavy atom. The third-order valence-corrected chi connectivity index (χ3v) is 4.09. The molecule has 104 valence electrons. The van der Waals surface area contributed by atoms with Crippen LogP contribution in [-0.2, 0) is 0 Å². The number of aryl methyl sites for hydroxylation is 1. The molecule has 1 saturated carbocycles. The monoisotopic (exact) mass is 262 g/mol. The van der Waals surface area contributed by atoms with Crippen molar-refractivity contribution in [2.24, 2.45) is 5.92 Å². The zero-order chi connectivity index (χ0) is 13.8. The maximum Gasteiger partial charge on any atom is 0.292 e. The summed E-state index contributed by atoms with van der Waals surface area (Å²) >= 11 is 0. The summed E-state index contributed by atoms with van der Waals surface area (Å²) in [6.07, 6.45) is 6.36. The second-order valence-corrected chi connectivity index (χ2v) is 5.61. The lowest BCUT2D eigenvalue weighted by Gasteiger charge is -2.28. The summed E-state index contributed by atoms with van der Waals surface area (Å²) in [5.41, 5.74) is 1.88. The molecule has 0 aliphatic heterocycles. The van der Waals surface area contributed by atoms with Crippen LogP contribution in [0.1, 0.15) is 44.6 Å². The van der Waals surface area contributed by atoms with Gasteiger partial charge in [0.1, 0.15) is 5.69 Å². The SMILES string of the molecule is Cc1ccc([N+](=O)[O-])c(NC(C)C2CCCCC2)c1. The summed E-state index contributed by atoms with van der Waals surface area (Å²) < 4.78 is 0. The first kappa shape index (κ1) is 13.8. The predicted molar refractivity (Wildman–Crippen MR) is 77.5 cm³/mol. The molecule has 1 N–H and O–H groups in total. The van der Waals surface area contributed by atoms with Crippen molar-refractivity contribution in [1.29, 1.82) is 0 Å². The molecule has 0 bridgehead atoms. The van der Waals surface area contributed by atoms with E-state index in [9.17, 15) is 10.1 Å². The van der Waals surface area contributed by atoms with Gasteiger partial charge in [0.05, 0.1) is 4.92 Å². The van der Waals surface area contributed by atoms with Crippen molar-refractivity contribution in [3.63, 3.8) is 0 Å². The second-order valence-electron chi connectivity index (χ2n) is 5.61. The van der Waals surface area contributed by atoms with E-state index in [0.717, 1.165) is 5.56 Å². The Kier molecular flexibility index (Phi) is 4.40. The molecule has 4 heteroatoms. The molecule has 1 atom stereocenters. The predicted octanol–water partition coefficient (Wildman–Crippen LogP) is 4.28. The van der Waals surface area contributed by atoms with E-state index in [4.69, 9.17) is 0 Å². The number of hydrogen-bond acceptors (Lipinski definition) is 3. The quantitative estimate of drug-likeness (QED) is 0.650. The summed E-state index contributed by atoms with van der Waals surface area (Å²) in [6, 6.07) is 5.54. The molecule has 0 radical (unpaired) electrons. The number of nitro benzene ring substituents is 1. The molecule has 1 aliphatic rings. The molecule has 0 spiro atoms. The van der Waals surface area contributed by atoms with E-state index in [1.54, 1.807) is 12.1 Å². The first-order chi connectivity index (χ1) is 9.08. The van der Waals surface area contributed by atoms with E-state index in [1.807, 2.05) is 13.0 Å². The summed E-state index contributed by atoms with van der Waals surface area (Å²) in [7, 11) is 0. The van der Waals surface area contributed by atoms with Crippen LogP contribution in [0.2, 0.25) is 0 Å². The van der Waals surface area contributed by atoms with Gasteiger partial charge in [-0.1, -0.05) is 25.3 Å². The van der Waals surface area contributed by atoms with Gasteiger partial charge in [0, 0.05) is 12.1 Å². The summed E-state index contributed by atoms with van der Waals surface area (Å²) in [5, 5.41) is 14.4. The van der Waals surface area contributed by atoms with Crippen LogP contribution < -0.4 is 5.32 Å². The highest BCUT2D eigenvalue weighted by atomic mass is 16.6. The summed E-state index contributed by atoms with van der Waals surface area (Å²) in [4.78, 5) is 10.7. The van der Waals surface area contributed by atoms with Crippen molar-refractivity contribution < 1.29 is 4.92 Å². The van der Waals surface area contributed by atoms with Gasteiger partial charge in [-0.3, -0.25) is 10.1 Å². The molecule has 0 heterocycles. The number of benzene rings is 1. The van der Waals surface area contributed by atoms with Crippen molar-refractivity contribution >= 4 is 11.4 Å². The standard InChI is InChI=1S/C15H22N2O2/c1-11-8-9-15(17(18)19)14(10-11)16-12(2)13-6-4-3-5-7-13/h8-10,12-13,16H,3-7H2,1-2H3. The molecule has 0 aromatic heterocycles. The van der Waals surface area contributed by atoms with Gasteiger partial charge in [-0.15, -0.1) is 0 Å². The highest BCUT2D eigenvalue weighted by Gasteiger charge is 2.22. The Hall–Kier alpha value is -1.58. The Morgan fingerprint density at radius 3 is 2.63 bits per heavy atom. The van der Waals surface area contributed by atoms with E-state index >= 15 is 0 Å². The molecular weight excluding hydrogens is 240 g/mol. The number of nitro groups is 1. The van der Waals surface area contributed by atoms with Crippen LogP contribution >= 0.6 is 0 Å². The van der Waals surface area contributed by atoms with Crippen LogP contribution in [0.15, 0.2) is 18.2 Å². The third kappa shape index (κ3) is 3.46. The lowest BCUT2D eigenvalue weighted by molar-refractivity contribution is -0.384. The van der Waals surface area contributed by atoms with Gasteiger partial charge in [-0.05, 0) is 44.2 Å². The van der Waals surface area contributed by atoms with E-state index < -0.39 is 0 Å². The normalized spacial score (nSPS) is 18.0. The summed E-state index contributed by atoms with van der Waals surface area (Å²) in [6.45, 7) is 4.10. The number of rotatable bonds is 4. The molecule has 1 aromatic carbocycles. The van der Waals surface area contributed by atoms with Crippen molar-refractivity contribution in [2.75, 3.05) is 5.32 Å². The van der Waals surface area contributed by atoms with E-state index in [2.05, 4.69) is 12.2 Å². The molecule has 1 fully saturated rings. The van der Waals surface area contributed by atoms with Crippen molar-refractivity contribution in [1.82, 2.24) is 0 Å². The van der Waals surface area contributed by atoms with Crippen LogP contribution in [0.5, 0.6) is 0 Å². The fourth-order valence-electron chi connectivity index (χ4n) is 2.92. The third-order valence-electron chi connectivity index (χ3n) is 4.09. The maximum absolute atomic E-state index is 11.1. The average Bonchev–Trinajstić information content (AvgIpc) is 2.39. The Bertz CT molecular complexity index is 453. The first-order valence-corrected chi connectivity index (χ1v) is 7.09. The minimum absolute atomic E-state index is 0.174. The fourth-order valence-corrected chi connectivity index (χ4v) is 2.92. The number of anilines is 1. The maximum atomic E-state index is 11.1. The molecule has 2 rings (SSSR count). The van der Waals surface area contributed by atoms with Gasteiger partial charge in [-0.2, -0.15) is 0 Å². The average molecular weight is 262 g/mol. The van der Waals surface area contributed by atoms with E-state index in [0.29, 0.717) is 17.6 Å². The number of nitrogens with one attached hydrogen (secondary N) is 1. The van der Waals surface area contributed by atoms with Crippen LogP contribution in [0, 0.1) is 23.0 Å². The Balaban J connectivity index is 2.12. The minimum Gasteiger partial charge on any atom is -0.377 e. The minimum atomic E-state index is -0.310. The molecular formula is C15H22N2O2. The van der Waals surface area contributed by atoms with Crippen LogP contribution in [0.25, 0.3) is 0 Å². The van der Waals surface area contributed by atoms with Crippen molar-refractivity contribution in [2.45, 2.75) is 52.0 Å². The lowest BCUT2D eigenvalue weighted by Crippen LogP contribution is -2.28. The summed E-state index contributed by atoms with van der Waals surface area (Å²) in [5.74, 6) is 0.633. The Labute approximate surface area is 114 Å². The number of hydrogen-bond donors (Lipinski definition) is 1. The first-order valence-electron chi connectivity index (χ1n) is 7.09. The fraction of sp³-hybridized carbons (Fsp3) is 0.600. The van der Waals surface area contributed by atoms with Gasteiger partial charge >= 0.3 is 0 Å². The van der Waals surface area contributed by atoms with Crippen LogP contribution in [-0.4, -0.2) is 11.0 Å². The molecule has 19 heavy (non-hydrogen) atoms. The van der Waals surface area contributed by atoms with Crippen molar-refractivity contribution in [3.8, 4) is 0 Å². The molecule has 0 saturated heterocycles. The molecule has 0 amide bonds. The highest BCUT2D eigenvalue weighted by Crippen LogP contribution is 2.31. The van der Waals surface area contributed by atoms with E-state index in [-0.39, 0.29) is 10.6 Å². The van der Waals surface area contributed by atoms with E-state index in [1.165, 1.54) is 32.1 Å². The second kappa shape index (κ2) is 6.04. The zero-order valence-electron chi connectivity index (χ0n) is 11.7. The van der Waals surface area contributed by atoms with Gasteiger partial charge in [0.25, 0.3) is 5.69 Å². The lowest BCUT2D eigenvalue weighted by atomic mass is 9.84. The molecule has 1 unspecified atom stereocenters.